The van der Waals surface area contributed by atoms with Crippen LogP contribution in [-0.2, 0) is 12.8 Å². The molecule has 4 rings (SSSR count). The van der Waals surface area contributed by atoms with Crippen molar-refractivity contribution in [3.05, 3.63) is 69.4 Å². The van der Waals surface area contributed by atoms with Crippen molar-refractivity contribution in [1.29, 1.82) is 0 Å². The molecule has 104 valence electrons. The summed E-state index contributed by atoms with van der Waals surface area (Å²) in [6.45, 7) is 0. The molecule has 0 radical (unpaired) electrons. The summed E-state index contributed by atoms with van der Waals surface area (Å²) in [6, 6.07) is 11.5. The molecule has 0 spiro atoms. The van der Waals surface area contributed by atoms with E-state index in [9.17, 15) is 4.79 Å². The predicted molar refractivity (Wildman–Crippen MR) is 78.1 cm³/mol. The second-order valence-electron chi connectivity index (χ2n) is 4.99. The van der Waals surface area contributed by atoms with Crippen molar-refractivity contribution in [3.8, 4) is 11.4 Å². The fourth-order valence-corrected chi connectivity index (χ4v) is 2.83. The summed E-state index contributed by atoms with van der Waals surface area (Å²) in [5, 5.41) is 3.54. The maximum Gasteiger partial charge on any atom is 0.402 e. The Kier molecular flexibility index (Phi) is 2.68. The van der Waals surface area contributed by atoms with E-state index in [0.29, 0.717) is 10.8 Å². The number of nitrogens with zero attached hydrogens (tertiary/aromatic N) is 3. The number of aryl methyl sites for hydroxylation is 1. The average Bonchev–Trinajstić information content (AvgIpc) is 2.86. The van der Waals surface area contributed by atoms with Crippen LogP contribution in [0.4, 0.5) is 0 Å². The van der Waals surface area contributed by atoms with Crippen molar-refractivity contribution >= 4 is 11.6 Å². The van der Waals surface area contributed by atoms with Gasteiger partial charge in [0.15, 0.2) is 11.4 Å². The molecule has 0 saturated heterocycles. The molecule has 1 aliphatic rings. The Labute approximate surface area is 125 Å². The highest BCUT2D eigenvalue weighted by molar-refractivity contribution is 6.29. The van der Waals surface area contributed by atoms with Crippen molar-refractivity contribution < 1.29 is 4.68 Å². The maximum atomic E-state index is 12.6. The second-order valence-corrected chi connectivity index (χ2v) is 5.38. The number of hydrogen-bond acceptors (Lipinski definition) is 2. The van der Waals surface area contributed by atoms with Gasteiger partial charge < -0.3 is 0 Å². The number of aromatic amines is 1. The summed E-state index contributed by atoms with van der Waals surface area (Å²) in [5.41, 5.74) is 3.63. The van der Waals surface area contributed by atoms with Gasteiger partial charge in [-0.15, -0.1) is 4.68 Å². The first-order valence-corrected chi connectivity index (χ1v) is 7.08. The predicted octanol–water partition coefficient (Wildman–Crippen LogP) is 1.59. The minimum Gasteiger partial charge on any atom is -0.240 e. The number of halogens is 1. The van der Waals surface area contributed by atoms with Gasteiger partial charge in [-0.2, -0.15) is 0 Å². The highest BCUT2D eigenvalue weighted by atomic mass is 35.5. The molecule has 2 aromatic heterocycles. The Morgan fingerprint density at radius 1 is 1.19 bits per heavy atom. The van der Waals surface area contributed by atoms with Crippen LogP contribution in [0.2, 0.25) is 5.15 Å². The highest BCUT2D eigenvalue weighted by Crippen LogP contribution is 2.16. The molecular formula is C15H12ClN4O+. The zero-order chi connectivity index (χ0) is 14.4. The summed E-state index contributed by atoms with van der Waals surface area (Å²) in [5.74, 6) is 0. The number of para-hydroxylation sites is 1. The van der Waals surface area contributed by atoms with E-state index in [2.05, 4.69) is 16.3 Å². The van der Waals surface area contributed by atoms with Crippen LogP contribution in [0.15, 0.2) is 47.4 Å². The van der Waals surface area contributed by atoms with E-state index < -0.39 is 0 Å². The molecule has 1 aliphatic heterocycles. The third-order valence-electron chi connectivity index (χ3n) is 3.75. The lowest BCUT2D eigenvalue weighted by molar-refractivity contribution is -0.671. The Balaban J connectivity index is 1.93. The van der Waals surface area contributed by atoms with Crippen LogP contribution in [0.25, 0.3) is 11.4 Å². The van der Waals surface area contributed by atoms with E-state index in [1.807, 2.05) is 22.9 Å². The lowest BCUT2D eigenvalue weighted by atomic mass is 10.0. The number of H-pyrrole nitrogens is 1. The van der Waals surface area contributed by atoms with Gasteiger partial charge in [0, 0.05) is 12.0 Å². The third kappa shape index (κ3) is 1.89. The lowest BCUT2D eigenvalue weighted by Crippen LogP contribution is -2.42. The van der Waals surface area contributed by atoms with Crippen LogP contribution in [0.1, 0.15) is 11.3 Å². The van der Waals surface area contributed by atoms with E-state index in [-0.39, 0.29) is 5.56 Å². The summed E-state index contributed by atoms with van der Waals surface area (Å²) in [4.78, 5) is 16.6. The quantitative estimate of drug-likeness (QED) is 0.548. The number of aromatic nitrogens is 4. The first-order chi connectivity index (χ1) is 10.2. The molecule has 0 unspecified atom stereocenters. The molecule has 0 aliphatic carbocycles. The van der Waals surface area contributed by atoms with Gasteiger partial charge in [-0.05, 0) is 24.6 Å². The van der Waals surface area contributed by atoms with E-state index in [0.717, 1.165) is 24.2 Å². The molecule has 0 bridgehead atoms. The standard InChI is InChI=1S/C15H11ClN4O/c16-14-8-6-11(9-17-14)19-15(21)13-7-5-10-3-1-2-4-12(10)20(13)18-19/h1-4,6,8-9H,5,7H2/p+1. The molecule has 0 fully saturated rings. The van der Waals surface area contributed by atoms with Gasteiger partial charge in [0.2, 0.25) is 5.69 Å². The normalized spacial score (nSPS) is 12.8. The van der Waals surface area contributed by atoms with Crippen molar-refractivity contribution in [3.63, 3.8) is 0 Å². The van der Waals surface area contributed by atoms with Crippen LogP contribution >= 0.6 is 11.6 Å². The average molecular weight is 300 g/mol. The Hall–Kier alpha value is -2.40. The summed E-state index contributed by atoms with van der Waals surface area (Å²) >= 11 is 5.79. The van der Waals surface area contributed by atoms with Crippen LogP contribution < -0.4 is 10.2 Å². The molecule has 21 heavy (non-hydrogen) atoms. The summed E-state index contributed by atoms with van der Waals surface area (Å²) in [7, 11) is 0. The Bertz CT molecular complexity index is 879. The number of hydrogen-bond donors (Lipinski definition) is 1. The van der Waals surface area contributed by atoms with E-state index in [1.54, 1.807) is 18.3 Å². The van der Waals surface area contributed by atoms with Crippen LogP contribution in [0.3, 0.4) is 0 Å². The number of nitrogens with one attached hydrogen (secondary N) is 1. The SMILES string of the molecule is O=c1c2[n+]([nH]n1-c1ccc(Cl)nc1)-c1ccccc1CC2. The zero-order valence-corrected chi connectivity index (χ0v) is 11.8. The van der Waals surface area contributed by atoms with Crippen LogP contribution in [0.5, 0.6) is 0 Å². The first-order valence-electron chi connectivity index (χ1n) is 6.70. The van der Waals surface area contributed by atoms with Gasteiger partial charge in [-0.25, -0.2) is 9.78 Å². The number of pyridine rings is 1. The van der Waals surface area contributed by atoms with Gasteiger partial charge in [0.25, 0.3) is 0 Å². The fraction of sp³-hybridized carbons (Fsp3) is 0.133. The highest BCUT2D eigenvalue weighted by Gasteiger charge is 2.29. The largest absolute Gasteiger partial charge is 0.402 e. The number of fused-ring (bicyclic) bond motifs is 3. The third-order valence-corrected chi connectivity index (χ3v) is 3.98. The van der Waals surface area contributed by atoms with Gasteiger partial charge in [-0.1, -0.05) is 39.7 Å². The molecule has 5 nitrogen and oxygen atoms in total. The first kappa shape index (κ1) is 12.3. The van der Waals surface area contributed by atoms with Gasteiger partial charge in [0.05, 0.1) is 6.20 Å². The Morgan fingerprint density at radius 3 is 2.86 bits per heavy atom. The molecular weight excluding hydrogens is 288 g/mol. The smallest absolute Gasteiger partial charge is 0.240 e. The van der Waals surface area contributed by atoms with E-state index >= 15 is 0 Å². The number of rotatable bonds is 1. The molecule has 6 heteroatoms. The maximum absolute atomic E-state index is 12.6. The topological polar surface area (TPSA) is 54.6 Å². The fourth-order valence-electron chi connectivity index (χ4n) is 2.72. The lowest BCUT2D eigenvalue weighted by Gasteiger charge is -2.10. The monoisotopic (exact) mass is 299 g/mol. The van der Waals surface area contributed by atoms with Gasteiger partial charge in [-0.3, -0.25) is 0 Å². The number of benzene rings is 1. The van der Waals surface area contributed by atoms with Crippen molar-refractivity contribution in [1.82, 2.24) is 14.9 Å². The van der Waals surface area contributed by atoms with Crippen molar-refractivity contribution in [2.24, 2.45) is 0 Å². The zero-order valence-electron chi connectivity index (χ0n) is 11.1. The minimum atomic E-state index is -0.0476. The van der Waals surface area contributed by atoms with Crippen molar-refractivity contribution in [2.75, 3.05) is 0 Å². The van der Waals surface area contributed by atoms with Crippen LogP contribution in [0, 0.1) is 0 Å². The van der Waals surface area contributed by atoms with Crippen molar-refractivity contribution in [2.45, 2.75) is 12.8 Å². The molecule has 0 amide bonds. The molecule has 3 heterocycles. The van der Waals surface area contributed by atoms with E-state index in [4.69, 9.17) is 11.6 Å². The van der Waals surface area contributed by atoms with Crippen LogP contribution in [-0.4, -0.2) is 14.9 Å². The Morgan fingerprint density at radius 2 is 2.05 bits per heavy atom. The molecule has 3 aromatic rings. The van der Waals surface area contributed by atoms with E-state index in [1.165, 1.54) is 10.2 Å². The molecule has 0 saturated carbocycles. The molecule has 1 aromatic carbocycles. The van der Waals surface area contributed by atoms with Gasteiger partial charge in [0.1, 0.15) is 5.15 Å². The summed E-state index contributed by atoms with van der Waals surface area (Å²) in [6.07, 6.45) is 3.18. The second kappa shape index (κ2) is 4.56. The summed E-state index contributed by atoms with van der Waals surface area (Å²) < 4.78 is 3.36. The van der Waals surface area contributed by atoms with Gasteiger partial charge >= 0.3 is 5.56 Å². The molecule has 1 N–H and O–H groups in total. The molecule has 0 atom stereocenters. The minimum absolute atomic E-state index is 0.0476.